The number of aryl methyl sites for hydroxylation is 1. The van der Waals surface area contributed by atoms with Gasteiger partial charge in [0.2, 0.25) is 0 Å². The lowest BCUT2D eigenvalue weighted by Gasteiger charge is -2.39. The van der Waals surface area contributed by atoms with Gasteiger partial charge in [0.25, 0.3) is 5.56 Å². The molecular formula is C29H29FN4O2. The van der Waals surface area contributed by atoms with Gasteiger partial charge in [-0.3, -0.25) is 9.36 Å². The third-order valence-electron chi connectivity index (χ3n) is 7.01. The Morgan fingerprint density at radius 3 is 2.67 bits per heavy atom. The van der Waals surface area contributed by atoms with E-state index in [1.54, 1.807) is 9.47 Å². The molecule has 1 aromatic heterocycles. The Bertz CT molecular complexity index is 1470. The number of halogens is 1. The average molecular weight is 485 g/mol. The van der Waals surface area contributed by atoms with E-state index in [1.807, 2.05) is 68.4 Å². The first kappa shape index (κ1) is 23.7. The smallest absolute Gasteiger partial charge is 0.308 e. The molecule has 2 heterocycles. The molecule has 6 nitrogen and oxygen atoms in total. The van der Waals surface area contributed by atoms with Crippen LogP contribution in [0.5, 0.6) is 0 Å². The Morgan fingerprint density at radius 2 is 1.89 bits per heavy atom. The molecule has 36 heavy (non-hydrogen) atoms. The summed E-state index contributed by atoms with van der Waals surface area (Å²) in [6.07, 6.45) is 2.15. The lowest BCUT2D eigenvalue weighted by atomic mass is 9.99. The fraction of sp³-hybridized carbons (Fsp3) is 0.276. The average Bonchev–Trinajstić information content (AvgIpc) is 2.90. The van der Waals surface area contributed by atoms with Gasteiger partial charge in [0.05, 0.1) is 23.0 Å². The first-order valence-corrected chi connectivity index (χ1v) is 12.4. The van der Waals surface area contributed by atoms with Gasteiger partial charge in [-0.1, -0.05) is 55.5 Å². The van der Waals surface area contributed by atoms with Crippen LogP contribution in [0, 0.1) is 5.82 Å². The summed E-state index contributed by atoms with van der Waals surface area (Å²) in [4.78, 5) is 33.8. The molecule has 0 aliphatic carbocycles. The van der Waals surface area contributed by atoms with Crippen molar-refractivity contribution in [2.45, 2.75) is 51.7 Å². The second-order valence-electron chi connectivity index (χ2n) is 9.18. The van der Waals surface area contributed by atoms with E-state index in [0.717, 1.165) is 29.7 Å². The highest BCUT2D eigenvalue weighted by Gasteiger charge is 2.35. The minimum Gasteiger partial charge on any atom is -0.308 e. The Morgan fingerprint density at radius 1 is 1.14 bits per heavy atom. The summed E-state index contributed by atoms with van der Waals surface area (Å²) in [6.45, 7) is 4.55. The van der Waals surface area contributed by atoms with Crippen molar-refractivity contribution < 1.29 is 9.18 Å². The molecule has 2 atom stereocenters. The highest BCUT2D eigenvalue weighted by Crippen LogP contribution is 2.36. The molecule has 7 heteroatoms. The van der Waals surface area contributed by atoms with Crippen molar-refractivity contribution in [1.29, 1.82) is 0 Å². The van der Waals surface area contributed by atoms with E-state index in [4.69, 9.17) is 4.98 Å². The Labute approximate surface area is 209 Å². The highest BCUT2D eigenvalue weighted by molar-refractivity contribution is 5.91. The van der Waals surface area contributed by atoms with E-state index < -0.39 is 11.9 Å². The Balaban J connectivity index is 1.62. The molecule has 5 rings (SSSR count). The maximum Gasteiger partial charge on any atom is 0.322 e. The summed E-state index contributed by atoms with van der Waals surface area (Å²) in [6, 6.07) is 20.6. The van der Waals surface area contributed by atoms with E-state index in [2.05, 4.69) is 5.32 Å². The van der Waals surface area contributed by atoms with Gasteiger partial charge in [-0.05, 0) is 55.5 Å². The van der Waals surface area contributed by atoms with Gasteiger partial charge in [-0.25, -0.2) is 14.2 Å². The van der Waals surface area contributed by atoms with Crippen LogP contribution in [0.3, 0.4) is 0 Å². The number of nitrogens with zero attached hydrogens (tertiary/aromatic N) is 3. The zero-order valence-electron chi connectivity index (χ0n) is 20.4. The summed E-state index contributed by atoms with van der Waals surface area (Å²) in [7, 11) is 0. The quantitative estimate of drug-likeness (QED) is 0.365. The lowest BCUT2D eigenvalue weighted by molar-refractivity contribution is 0.140. The van der Waals surface area contributed by atoms with Crippen LogP contribution in [-0.2, 0) is 13.0 Å². The lowest BCUT2D eigenvalue weighted by Crippen LogP contribution is -2.44. The third-order valence-corrected chi connectivity index (χ3v) is 7.01. The number of nitrogens with one attached hydrogen (secondary N) is 1. The van der Waals surface area contributed by atoms with E-state index >= 15 is 0 Å². The topological polar surface area (TPSA) is 67.2 Å². The van der Waals surface area contributed by atoms with E-state index in [1.165, 1.54) is 18.2 Å². The van der Waals surface area contributed by atoms with Crippen LogP contribution in [0.25, 0.3) is 10.9 Å². The number of benzene rings is 3. The minimum absolute atomic E-state index is 0.205. The Hall–Kier alpha value is -4.00. The normalized spacial score (nSPS) is 15.8. The number of anilines is 1. The van der Waals surface area contributed by atoms with Crippen LogP contribution in [0.1, 0.15) is 55.7 Å². The van der Waals surface area contributed by atoms with Crippen molar-refractivity contribution in [3.63, 3.8) is 0 Å². The van der Waals surface area contributed by atoms with Gasteiger partial charge in [0.1, 0.15) is 11.6 Å². The molecule has 0 fully saturated rings. The molecule has 0 saturated carbocycles. The number of urea groups is 1. The van der Waals surface area contributed by atoms with Gasteiger partial charge >= 0.3 is 6.03 Å². The summed E-state index contributed by atoms with van der Waals surface area (Å²) in [5.41, 5.74) is 2.88. The second kappa shape index (κ2) is 9.93. The van der Waals surface area contributed by atoms with E-state index in [-0.39, 0.29) is 17.6 Å². The molecule has 1 aliphatic heterocycles. The van der Waals surface area contributed by atoms with Crippen LogP contribution in [0.2, 0.25) is 0 Å². The van der Waals surface area contributed by atoms with Crippen molar-refractivity contribution in [1.82, 2.24) is 14.5 Å². The predicted molar refractivity (Wildman–Crippen MR) is 139 cm³/mol. The van der Waals surface area contributed by atoms with Crippen molar-refractivity contribution in [2.24, 2.45) is 0 Å². The molecule has 0 saturated heterocycles. The molecule has 0 radical (unpaired) electrons. The largest absolute Gasteiger partial charge is 0.322 e. The predicted octanol–water partition coefficient (Wildman–Crippen LogP) is 6.23. The number of para-hydroxylation sites is 1. The number of hydrogen-bond acceptors (Lipinski definition) is 3. The summed E-state index contributed by atoms with van der Waals surface area (Å²) < 4.78 is 15.7. The molecular weight excluding hydrogens is 455 g/mol. The number of hydrogen-bond donors (Lipinski definition) is 1. The Kier molecular flexibility index (Phi) is 6.55. The number of amides is 2. The zero-order valence-corrected chi connectivity index (χ0v) is 20.4. The van der Waals surface area contributed by atoms with Crippen LogP contribution < -0.4 is 10.9 Å². The summed E-state index contributed by atoms with van der Waals surface area (Å²) >= 11 is 0. The molecule has 2 unspecified atom stereocenters. The van der Waals surface area contributed by atoms with E-state index in [0.29, 0.717) is 29.7 Å². The maximum atomic E-state index is 14.0. The standard InChI is InChI=1S/C29H29FN4O2/c1-3-20-10-7-8-13-24(20)32-29(36)34(19(2)21-11-5-4-6-12-21)26-14-9-17-33-27(26)31-25-18-22(30)15-16-23(25)28(33)35/h4-8,10-13,15-16,18-19,26H,3,9,14,17H2,1-2H3,(H,32,36). The van der Waals surface area contributed by atoms with Crippen molar-refractivity contribution in [3.05, 3.63) is 106 Å². The number of rotatable bonds is 5. The molecule has 0 bridgehead atoms. The fourth-order valence-corrected chi connectivity index (χ4v) is 5.13. The van der Waals surface area contributed by atoms with Gasteiger partial charge in [0, 0.05) is 18.3 Å². The second-order valence-corrected chi connectivity index (χ2v) is 9.18. The number of aromatic nitrogens is 2. The molecule has 0 spiro atoms. The molecule has 3 aromatic carbocycles. The fourth-order valence-electron chi connectivity index (χ4n) is 5.13. The number of carbonyl (C=O) groups excluding carboxylic acids is 1. The number of carbonyl (C=O) groups is 1. The van der Waals surface area contributed by atoms with E-state index in [9.17, 15) is 14.0 Å². The monoisotopic (exact) mass is 484 g/mol. The first-order chi connectivity index (χ1) is 17.5. The van der Waals surface area contributed by atoms with Gasteiger partial charge < -0.3 is 10.2 Å². The van der Waals surface area contributed by atoms with Gasteiger partial charge in [-0.2, -0.15) is 0 Å². The van der Waals surface area contributed by atoms with Gasteiger partial charge in [0.15, 0.2) is 0 Å². The molecule has 2 amide bonds. The van der Waals surface area contributed by atoms with Crippen molar-refractivity contribution >= 4 is 22.6 Å². The van der Waals surface area contributed by atoms with Crippen LogP contribution >= 0.6 is 0 Å². The van der Waals surface area contributed by atoms with Crippen molar-refractivity contribution in [2.75, 3.05) is 5.32 Å². The third kappa shape index (κ3) is 4.37. The summed E-state index contributed by atoms with van der Waals surface area (Å²) in [5, 5.41) is 3.49. The minimum atomic E-state index is -0.455. The zero-order chi connectivity index (χ0) is 25.2. The molecule has 184 valence electrons. The highest BCUT2D eigenvalue weighted by atomic mass is 19.1. The van der Waals surface area contributed by atoms with Crippen LogP contribution in [0.4, 0.5) is 14.9 Å². The first-order valence-electron chi connectivity index (χ1n) is 12.4. The van der Waals surface area contributed by atoms with Crippen LogP contribution in [0.15, 0.2) is 77.6 Å². The van der Waals surface area contributed by atoms with Gasteiger partial charge in [-0.15, -0.1) is 0 Å². The number of fused-ring (bicyclic) bond motifs is 2. The van der Waals surface area contributed by atoms with Crippen LogP contribution in [-0.4, -0.2) is 20.5 Å². The molecule has 1 aliphatic rings. The molecule has 4 aromatic rings. The van der Waals surface area contributed by atoms with Crippen molar-refractivity contribution in [3.8, 4) is 0 Å². The summed E-state index contributed by atoms with van der Waals surface area (Å²) in [5.74, 6) is 0.0428. The SMILES string of the molecule is CCc1ccccc1NC(=O)N(C(C)c1ccccc1)C1CCCn2c1nc1cc(F)ccc1c2=O. The maximum absolute atomic E-state index is 14.0. The molecule has 1 N–H and O–H groups in total.